The molecule has 0 spiro atoms. The number of hydrogen-bond donors (Lipinski definition) is 1. The summed E-state index contributed by atoms with van der Waals surface area (Å²) in [5.74, 6) is -0.390. The Bertz CT molecular complexity index is 628. The predicted octanol–water partition coefficient (Wildman–Crippen LogP) is 2.66. The maximum Gasteiger partial charge on any atom is 0.358 e. The minimum Gasteiger partial charge on any atom is -0.492 e. The summed E-state index contributed by atoms with van der Waals surface area (Å²) >= 11 is 5.87. The minimum atomic E-state index is -1.06. The van der Waals surface area contributed by atoms with E-state index in [1.54, 1.807) is 22.9 Å². The maximum absolute atomic E-state index is 11.1. The highest BCUT2D eigenvalue weighted by Crippen LogP contribution is 2.17. The van der Waals surface area contributed by atoms with Crippen molar-refractivity contribution in [3.63, 3.8) is 0 Å². The highest BCUT2D eigenvalue weighted by Gasteiger charge is 2.17. The van der Waals surface area contributed by atoms with Crippen molar-refractivity contribution < 1.29 is 14.6 Å². The number of rotatable bonds is 7. The molecule has 21 heavy (non-hydrogen) atoms. The van der Waals surface area contributed by atoms with Crippen molar-refractivity contribution in [1.29, 1.82) is 0 Å². The zero-order chi connectivity index (χ0) is 15.2. The lowest BCUT2D eigenvalue weighted by Gasteiger charge is -2.08. The smallest absolute Gasteiger partial charge is 0.358 e. The molecule has 2 rings (SSSR count). The Morgan fingerprint density at radius 3 is 2.95 bits per heavy atom. The molecule has 0 saturated carbocycles. The van der Waals surface area contributed by atoms with Crippen molar-refractivity contribution in [3.8, 4) is 5.75 Å². The number of halogens is 1. The van der Waals surface area contributed by atoms with E-state index in [9.17, 15) is 4.79 Å². The molecule has 112 valence electrons. The summed E-state index contributed by atoms with van der Waals surface area (Å²) in [5, 5.41) is 17.3. The van der Waals surface area contributed by atoms with Crippen LogP contribution in [0.15, 0.2) is 24.3 Å². The Hall–Kier alpha value is -2.08. The van der Waals surface area contributed by atoms with Crippen LogP contribution in [-0.2, 0) is 13.0 Å². The fourth-order valence-corrected chi connectivity index (χ4v) is 2.15. The summed E-state index contributed by atoms with van der Waals surface area (Å²) in [7, 11) is 0. The Morgan fingerprint density at radius 1 is 1.48 bits per heavy atom. The molecule has 0 fully saturated rings. The normalized spacial score (nSPS) is 10.6. The molecule has 0 bridgehead atoms. The number of aromatic nitrogens is 3. The van der Waals surface area contributed by atoms with E-state index in [4.69, 9.17) is 21.4 Å². The molecule has 1 aromatic carbocycles. The van der Waals surface area contributed by atoms with E-state index >= 15 is 0 Å². The van der Waals surface area contributed by atoms with Crippen LogP contribution in [0.2, 0.25) is 5.02 Å². The number of carboxylic acid groups (broad SMARTS) is 1. The second-order valence-corrected chi connectivity index (χ2v) is 4.91. The molecule has 0 atom stereocenters. The number of hydrogen-bond acceptors (Lipinski definition) is 4. The highest BCUT2D eigenvalue weighted by molar-refractivity contribution is 6.30. The molecule has 7 heteroatoms. The van der Waals surface area contributed by atoms with Crippen molar-refractivity contribution in [2.45, 2.75) is 26.3 Å². The van der Waals surface area contributed by atoms with Gasteiger partial charge < -0.3 is 9.84 Å². The summed E-state index contributed by atoms with van der Waals surface area (Å²) in [4.78, 5) is 11.1. The summed E-state index contributed by atoms with van der Waals surface area (Å²) in [6.07, 6.45) is 1.44. The van der Waals surface area contributed by atoms with Crippen molar-refractivity contribution in [2.24, 2.45) is 0 Å². The molecule has 0 aliphatic rings. The average molecular weight is 310 g/mol. The monoisotopic (exact) mass is 309 g/mol. The molecule has 6 nitrogen and oxygen atoms in total. The molecular weight excluding hydrogens is 294 g/mol. The highest BCUT2D eigenvalue weighted by atomic mass is 35.5. The van der Waals surface area contributed by atoms with Crippen LogP contribution in [-0.4, -0.2) is 32.7 Å². The van der Waals surface area contributed by atoms with Gasteiger partial charge in [-0.3, -0.25) is 0 Å². The molecule has 1 aromatic heterocycles. The van der Waals surface area contributed by atoms with Crippen molar-refractivity contribution in [2.75, 3.05) is 6.61 Å². The van der Waals surface area contributed by atoms with Gasteiger partial charge in [-0.15, -0.1) is 5.10 Å². The number of nitrogens with zero attached hydrogens (tertiary/aromatic N) is 3. The molecule has 1 heterocycles. The van der Waals surface area contributed by atoms with Crippen molar-refractivity contribution in [3.05, 3.63) is 40.7 Å². The first-order chi connectivity index (χ1) is 10.1. The lowest BCUT2D eigenvalue weighted by atomic mass is 10.2. The van der Waals surface area contributed by atoms with E-state index in [2.05, 4.69) is 10.3 Å². The van der Waals surface area contributed by atoms with Gasteiger partial charge >= 0.3 is 5.97 Å². The molecule has 0 amide bonds. The van der Waals surface area contributed by atoms with Crippen LogP contribution in [0.3, 0.4) is 0 Å². The van der Waals surface area contributed by atoms with Crippen LogP contribution in [0.25, 0.3) is 0 Å². The van der Waals surface area contributed by atoms with Crippen LogP contribution >= 0.6 is 11.6 Å². The second kappa shape index (κ2) is 7.08. The molecule has 0 unspecified atom stereocenters. The minimum absolute atomic E-state index is 0.0135. The first-order valence-corrected chi connectivity index (χ1v) is 7.03. The Kier molecular flexibility index (Phi) is 5.16. The Labute approximate surface area is 127 Å². The fourth-order valence-electron chi connectivity index (χ4n) is 1.97. The van der Waals surface area contributed by atoms with E-state index in [0.717, 1.165) is 6.42 Å². The van der Waals surface area contributed by atoms with Crippen LogP contribution in [0.4, 0.5) is 0 Å². The SMILES string of the molecule is CCCc1c(C(=O)O)nnn1CCOc1cccc(Cl)c1. The topological polar surface area (TPSA) is 77.2 Å². The Morgan fingerprint density at radius 2 is 2.29 bits per heavy atom. The number of ether oxygens (including phenoxy) is 1. The molecule has 0 aliphatic carbocycles. The van der Waals surface area contributed by atoms with Crippen LogP contribution < -0.4 is 4.74 Å². The van der Waals surface area contributed by atoms with Gasteiger partial charge in [0.2, 0.25) is 0 Å². The summed E-state index contributed by atoms with van der Waals surface area (Å²) in [6.45, 7) is 2.77. The molecule has 0 saturated heterocycles. The van der Waals surface area contributed by atoms with Gasteiger partial charge in [-0.25, -0.2) is 9.48 Å². The Balaban J connectivity index is 2.01. The lowest BCUT2D eigenvalue weighted by molar-refractivity contribution is 0.0689. The molecule has 2 aromatic rings. The third kappa shape index (κ3) is 3.95. The zero-order valence-corrected chi connectivity index (χ0v) is 12.4. The third-order valence-corrected chi connectivity index (χ3v) is 3.13. The van der Waals surface area contributed by atoms with E-state index < -0.39 is 5.97 Å². The van der Waals surface area contributed by atoms with Gasteiger partial charge in [0.05, 0.1) is 12.2 Å². The first-order valence-electron chi connectivity index (χ1n) is 6.65. The van der Waals surface area contributed by atoms with E-state index in [1.165, 1.54) is 0 Å². The first kappa shape index (κ1) is 15.3. The maximum atomic E-state index is 11.1. The van der Waals surface area contributed by atoms with E-state index in [0.29, 0.717) is 36.0 Å². The summed E-state index contributed by atoms with van der Waals surface area (Å²) < 4.78 is 7.15. The molecular formula is C14H16ClN3O3. The second-order valence-electron chi connectivity index (χ2n) is 4.47. The van der Waals surface area contributed by atoms with E-state index in [-0.39, 0.29) is 5.69 Å². The lowest BCUT2D eigenvalue weighted by Crippen LogP contribution is -2.13. The standard InChI is InChI=1S/C14H16ClN3O3/c1-2-4-12-13(14(19)20)16-17-18(12)7-8-21-11-6-3-5-10(15)9-11/h3,5-6,9H,2,4,7-8H2,1H3,(H,19,20). The number of carboxylic acids is 1. The van der Waals surface area contributed by atoms with Crippen LogP contribution in [0.5, 0.6) is 5.75 Å². The molecule has 0 aliphatic heterocycles. The number of carbonyl (C=O) groups is 1. The van der Waals surface area contributed by atoms with Crippen LogP contribution in [0, 0.1) is 0 Å². The largest absolute Gasteiger partial charge is 0.492 e. The molecule has 0 radical (unpaired) electrons. The van der Waals surface area contributed by atoms with Gasteiger partial charge in [0.15, 0.2) is 5.69 Å². The summed E-state index contributed by atoms with van der Waals surface area (Å²) in [5.41, 5.74) is 0.638. The number of aromatic carboxylic acids is 1. The summed E-state index contributed by atoms with van der Waals surface area (Å²) in [6, 6.07) is 7.10. The predicted molar refractivity (Wildman–Crippen MR) is 77.9 cm³/mol. The van der Waals surface area contributed by atoms with E-state index in [1.807, 2.05) is 13.0 Å². The van der Waals surface area contributed by atoms with Gasteiger partial charge in [-0.1, -0.05) is 36.2 Å². The quantitative estimate of drug-likeness (QED) is 0.850. The van der Waals surface area contributed by atoms with Gasteiger partial charge in [0.25, 0.3) is 0 Å². The van der Waals surface area contributed by atoms with Crippen molar-refractivity contribution in [1.82, 2.24) is 15.0 Å². The van der Waals surface area contributed by atoms with Gasteiger partial charge in [-0.2, -0.15) is 0 Å². The number of benzene rings is 1. The third-order valence-electron chi connectivity index (χ3n) is 2.89. The zero-order valence-electron chi connectivity index (χ0n) is 11.6. The average Bonchev–Trinajstić information content (AvgIpc) is 2.83. The van der Waals surface area contributed by atoms with Crippen LogP contribution in [0.1, 0.15) is 29.5 Å². The molecule has 1 N–H and O–H groups in total. The van der Waals surface area contributed by atoms with Gasteiger partial charge in [0.1, 0.15) is 12.4 Å². The fraction of sp³-hybridized carbons (Fsp3) is 0.357. The van der Waals surface area contributed by atoms with Gasteiger partial charge in [-0.05, 0) is 24.6 Å². The van der Waals surface area contributed by atoms with Crippen molar-refractivity contribution >= 4 is 17.6 Å². The van der Waals surface area contributed by atoms with Gasteiger partial charge in [0, 0.05) is 5.02 Å².